The highest BCUT2D eigenvalue weighted by Crippen LogP contribution is 2.10. The van der Waals surface area contributed by atoms with Crippen molar-refractivity contribution >= 4 is 10.1 Å². The first-order valence-corrected chi connectivity index (χ1v) is 12.0. The van der Waals surface area contributed by atoms with Gasteiger partial charge >= 0.3 is 0 Å². The number of allylic oxidation sites excluding steroid dienone is 4. The van der Waals surface area contributed by atoms with Crippen LogP contribution in [0.3, 0.4) is 0 Å². The van der Waals surface area contributed by atoms with Gasteiger partial charge in [-0.15, -0.1) is 0 Å². The van der Waals surface area contributed by atoms with Gasteiger partial charge < -0.3 is 0 Å². The molecule has 0 aromatic heterocycles. The Balaban J connectivity index is 3.19. The van der Waals surface area contributed by atoms with E-state index in [2.05, 4.69) is 31.2 Å². The molecule has 0 heterocycles. The van der Waals surface area contributed by atoms with Gasteiger partial charge in [0.05, 0.1) is 12.9 Å². The minimum absolute atomic E-state index is 0.332. The molecular weight excluding hydrogens is 332 g/mol. The molecule has 0 atom stereocenters. The van der Waals surface area contributed by atoms with E-state index in [-0.39, 0.29) is 0 Å². The second-order valence-corrected chi connectivity index (χ2v) is 8.46. The van der Waals surface area contributed by atoms with E-state index < -0.39 is 10.1 Å². The third-order valence-corrected chi connectivity index (χ3v) is 4.74. The molecule has 25 heavy (non-hydrogen) atoms. The maximum atomic E-state index is 10.8. The zero-order valence-electron chi connectivity index (χ0n) is 16.5. The average Bonchev–Trinajstić information content (AvgIpc) is 2.56. The van der Waals surface area contributed by atoms with Gasteiger partial charge in [-0.05, 0) is 38.5 Å². The van der Waals surface area contributed by atoms with Crippen LogP contribution in [0.4, 0.5) is 0 Å². The Hall–Kier alpha value is -0.610. The third kappa shape index (κ3) is 23.4. The van der Waals surface area contributed by atoms with Crippen molar-refractivity contribution < 1.29 is 12.6 Å². The van der Waals surface area contributed by atoms with Gasteiger partial charge in [-0.3, -0.25) is 4.18 Å². The molecule has 0 fully saturated rings. The first kappa shape index (κ1) is 24.4. The molecule has 3 nitrogen and oxygen atoms in total. The zero-order chi connectivity index (χ0) is 18.6. The molecule has 0 aliphatic rings. The Morgan fingerprint density at radius 2 is 1.16 bits per heavy atom. The summed E-state index contributed by atoms with van der Waals surface area (Å²) in [6, 6.07) is 0. The highest BCUT2D eigenvalue weighted by atomic mass is 32.2. The summed E-state index contributed by atoms with van der Waals surface area (Å²) < 4.78 is 26.3. The first-order valence-electron chi connectivity index (χ1n) is 10.2. The number of hydrogen-bond donors (Lipinski definition) is 0. The van der Waals surface area contributed by atoms with Crippen molar-refractivity contribution in [2.45, 2.75) is 96.8 Å². The van der Waals surface area contributed by atoms with E-state index in [1.807, 2.05) is 0 Å². The molecule has 0 bridgehead atoms. The topological polar surface area (TPSA) is 43.4 Å². The van der Waals surface area contributed by atoms with Crippen LogP contribution >= 0.6 is 0 Å². The van der Waals surface area contributed by atoms with Gasteiger partial charge in [0.15, 0.2) is 0 Å². The number of rotatable bonds is 18. The molecule has 0 aromatic rings. The van der Waals surface area contributed by atoms with Gasteiger partial charge in [0.25, 0.3) is 10.1 Å². The van der Waals surface area contributed by atoms with Crippen molar-refractivity contribution in [2.75, 3.05) is 12.9 Å². The maximum absolute atomic E-state index is 10.8. The highest BCUT2D eigenvalue weighted by molar-refractivity contribution is 7.85. The Labute approximate surface area is 157 Å². The Morgan fingerprint density at radius 1 is 0.680 bits per heavy atom. The second-order valence-electron chi connectivity index (χ2n) is 6.82. The predicted octanol–water partition coefficient (Wildman–Crippen LogP) is 6.56. The molecule has 0 saturated heterocycles. The van der Waals surface area contributed by atoms with Crippen LogP contribution in [0.2, 0.25) is 0 Å². The lowest BCUT2D eigenvalue weighted by atomic mass is 10.1. The molecule has 0 unspecified atom stereocenters. The van der Waals surface area contributed by atoms with Crippen molar-refractivity contribution in [3.05, 3.63) is 24.3 Å². The van der Waals surface area contributed by atoms with E-state index in [1.165, 1.54) is 70.6 Å². The summed E-state index contributed by atoms with van der Waals surface area (Å²) in [5.74, 6) is 0. The number of hydrogen-bond acceptors (Lipinski definition) is 3. The first-order chi connectivity index (χ1) is 12.1. The second kappa shape index (κ2) is 18.2. The van der Waals surface area contributed by atoms with E-state index in [4.69, 9.17) is 4.18 Å². The van der Waals surface area contributed by atoms with Crippen molar-refractivity contribution in [1.29, 1.82) is 0 Å². The summed E-state index contributed by atoms with van der Waals surface area (Å²) in [4.78, 5) is 0. The van der Waals surface area contributed by atoms with Crippen LogP contribution < -0.4 is 0 Å². The van der Waals surface area contributed by atoms with E-state index in [0.29, 0.717) is 6.61 Å². The van der Waals surface area contributed by atoms with Crippen LogP contribution in [0.25, 0.3) is 0 Å². The summed E-state index contributed by atoms with van der Waals surface area (Å²) >= 11 is 0. The largest absolute Gasteiger partial charge is 0.270 e. The Morgan fingerprint density at radius 3 is 1.68 bits per heavy atom. The normalized spacial score (nSPS) is 12.6. The van der Waals surface area contributed by atoms with Gasteiger partial charge in [-0.2, -0.15) is 8.42 Å². The monoisotopic (exact) mass is 372 g/mol. The molecule has 0 aliphatic heterocycles. The summed E-state index contributed by atoms with van der Waals surface area (Å²) in [5, 5.41) is 0. The summed E-state index contributed by atoms with van der Waals surface area (Å²) in [5.41, 5.74) is 0. The lowest BCUT2D eigenvalue weighted by molar-refractivity contribution is 0.309. The highest BCUT2D eigenvalue weighted by Gasteiger charge is 2.00. The van der Waals surface area contributed by atoms with Crippen molar-refractivity contribution in [1.82, 2.24) is 0 Å². The molecule has 0 aromatic carbocycles. The van der Waals surface area contributed by atoms with Crippen LogP contribution in [0.1, 0.15) is 96.8 Å². The van der Waals surface area contributed by atoms with Gasteiger partial charge in [-0.25, -0.2) is 0 Å². The lowest BCUT2D eigenvalue weighted by Crippen LogP contribution is -2.03. The minimum atomic E-state index is -3.26. The molecule has 0 N–H and O–H groups in total. The number of unbranched alkanes of at least 4 members (excludes halogenated alkanes) is 11. The standard InChI is InChI=1S/C21H40O3S/c1-3-4-5-6-7-8-9-10-11-12-13-14-15-16-17-18-19-20-21-24-25(2,22)23/h7-8,10-11H,3-6,9,12-21H2,1-2H3. The van der Waals surface area contributed by atoms with E-state index >= 15 is 0 Å². The van der Waals surface area contributed by atoms with Crippen molar-refractivity contribution in [3.63, 3.8) is 0 Å². The van der Waals surface area contributed by atoms with Crippen LogP contribution in [0.15, 0.2) is 24.3 Å². The third-order valence-electron chi connectivity index (χ3n) is 4.14. The molecule has 0 aliphatic carbocycles. The van der Waals surface area contributed by atoms with E-state index in [0.717, 1.165) is 25.5 Å². The van der Waals surface area contributed by atoms with Crippen LogP contribution in [0.5, 0.6) is 0 Å². The molecule has 0 radical (unpaired) electrons. The van der Waals surface area contributed by atoms with Gasteiger partial charge in [0.1, 0.15) is 0 Å². The summed E-state index contributed by atoms with van der Waals surface area (Å²) in [6.45, 7) is 2.58. The molecular formula is C21H40O3S. The Kier molecular flexibility index (Phi) is 17.7. The van der Waals surface area contributed by atoms with Crippen molar-refractivity contribution in [2.24, 2.45) is 0 Å². The van der Waals surface area contributed by atoms with Gasteiger partial charge in [0, 0.05) is 0 Å². The summed E-state index contributed by atoms with van der Waals surface area (Å²) in [7, 11) is -3.26. The molecule has 0 saturated carbocycles. The fraction of sp³-hybridized carbons (Fsp3) is 0.810. The molecule has 0 amide bonds. The van der Waals surface area contributed by atoms with Crippen LogP contribution in [0, 0.1) is 0 Å². The zero-order valence-corrected chi connectivity index (χ0v) is 17.4. The minimum Gasteiger partial charge on any atom is -0.270 e. The SMILES string of the molecule is CCCCCC=CCC=CCCCCCCCCCCOS(C)(=O)=O. The molecule has 0 rings (SSSR count). The molecule has 0 spiro atoms. The Bertz CT molecular complexity index is 424. The summed E-state index contributed by atoms with van der Waals surface area (Å²) in [6.07, 6.45) is 27.3. The molecule has 4 heteroatoms. The van der Waals surface area contributed by atoms with Gasteiger partial charge in [-0.1, -0.05) is 82.6 Å². The fourth-order valence-electron chi connectivity index (χ4n) is 2.65. The fourth-order valence-corrected chi connectivity index (χ4v) is 3.07. The van der Waals surface area contributed by atoms with Crippen LogP contribution in [-0.4, -0.2) is 21.3 Å². The van der Waals surface area contributed by atoms with Gasteiger partial charge in [0.2, 0.25) is 0 Å². The average molecular weight is 373 g/mol. The lowest BCUT2D eigenvalue weighted by Gasteiger charge is -2.02. The van der Waals surface area contributed by atoms with Crippen molar-refractivity contribution in [3.8, 4) is 0 Å². The molecule has 148 valence electrons. The maximum Gasteiger partial charge on any atom is 0.264 e. The van der Waals surface area contributed by atoms with E-state index in [9.17, 15) is 8.42 Å². The quantitative estimate of drug-likeness (QED) is 0.155. The predicted molar refractivity (Wildman–Crippen MR) is 109 cm³/mol. The smallest absolute Gasteiger partial charge is 0.264 e. The van der Waals surface area contributed by atoms with Crippen LogP contribution in [-0.2, 0) is 14.3 Å². The van der Waals surface area contributed by atoms with E-state index in [1.54, 1.807) is 0 Å².